The molecule has 4 rings (SSSR count). The van der Waals surface area contributed by atoms with Gasteiger partial charge >= 0.3 is 0 Å². The van der Waals surface area contributed by atoms with Crippen LogP contribution in [0.1, 0.15) is 25.8 Å². The molecule has 1 aliphatic rings. The Labute approximate surface area is 173 Å². The molecule has 3 heterocycles. The molecule has 2 aromatic heterocycles. The Kier molecular flexibility index (Phi) is 5.30. The minimum absolute atomic E-state index is 0.158. The van der Waals surface area contributed by atoms with Gasteiger partial charge < -0.3 is 15.0 Å². The van der Waals surface area contributed by atoms with E-state index < -0.39 is 0 Å². The second kappa shape index (κ2) is 8.21. The number of hydrogen-bond acceptors (Lipinski definition) is 7. The largest absolute Gasteiger partial charge is 0.493 e. The van der Waals surface area contributed by atoms with Crippen molar-refractivity contribution in [3.63, 3.8) is 0 Å². The minimum atomic E-state index is -0.384. The Morgan fingerprint density at radius 3 is 2.73 bits per heavy atom. The maximum absolute atomic E-state index is 11.9. The summed E-state index contributed by atoms with van der Waals surface area (Å²) in [7, 11) is 1.55. The standard InChI is InChI=1S/C21H21N7O2/c1-14(10-22)28-13-15(11-24-28)20-18(30-2)12-23-21(26-20)25-16-5-7-17(8-6-16)27-9-3-4-19(27)29/h5-8,11-14H,3-4,9H2,1-2H3,(H,23,25,26). The molecule has 1 N–H and O–H groups in total. The summed E-state index contributed by atoms with van der Waals surface area (Å²) in [5.74, 6) is 1.06. The maximum Gasteiger partial charge on any atom is 0.227 e. The number of ether oxygens (including phenoxy) is 1. The van der Waals surface area contributed by atoms with Gasteiger partial charge in [0.15, 0.2) is 5.75 Å². The first kappa shape index (κ1) is 19.4. The molecule has 1 fully saturated rings. The summed E-state index contributed by atoms with van der Waals surface area (Å²) in [4.78, 5) is 22.6. The van der Waals surface area contributed by atoms with Gasteiger partial charge in [0.05, 0.1) is 25.6 Å². The number of hydrogen-bond donors (Lipinski definition) is 1. The topological polar surface area (TPSA) is 109 Å². The first-order chi connectivity index (χ1) is 14.6. The zero-order chi connectivity index (χ0) is 21.1. The molecule has 0 bridgehead atoms. The second-order valence-electron chi connectivity index (χ2n) is 6.95. The van der Waals surface area contributed by atoms with Crippen molar-refractivity contribution in [3.05, 3.63) is 42.9 Å². The van der Waals surface area contributed by atoms with Crippen molar-refractivity contribution in [2.45, 2.75) is 25.8 Å². The summed E-state index contributed by atoms with van der Waals surface area (Å²) in [5.41, 5.74) is 2.99. The number of amides is 1. The fourth-order valence-corrected chi connectivity index (χ4v) is 3.29. The van der Waals surface area contributed by atoms with E-state index in [1.165, 1.54) is 0 Å². The van der Waals surface area contributed by atoms with E-state index >= 15 is 0 Å². The average molecular weight is 403 g/mol. The van der Waals surface area contributed by atoms with Gasteiger partial charge in [-0.2, -0.15) is 10.4 Å². The number of carbonyl (C=O) groups excluding carboxylic acids is 1. The Morgan fingerprint density at radius 1 is 1.27 bits per heavy atom. The van der Waals surface area contributed by atoms with E-state index in [0.717, 1.165) is 29.9 Å². The molecule has 0 aliphatic carbocycles. The lowest BCUT2D eigenvalue weighted by atomic mass is 10.2. The Morgan fingerprint density at radius 2 is 2.07 bits per heavy atom. The van der Waals surface area contributed by atoms with E-state index in [1.807, 2.05) is 24.3 Å². The zero-order valence-electron chi connectivity index (χ0n) is 16.7. The van der Waals surface area contributed by atoms with Gasteiger partial charge in [0.1, 0.15) is 11.7 Å². The molecule has 1 aromatic carbocycles. The number of rotatable bonds is 6. The van der Waals surface area contributed by atoms with Crippen LogP contribution >= 0.6 is 0 Å². The molecule has 1 amide bonds. The van der Waals surface area contributed by atoms with Gasteiger partial charge in [0.2, 0.25) is 11.9 Å². The lowest BCUT2D eigenvalue weighted by molar-refractivity contribution is -0.117. The van der Waals surface area contributed by atoms with Gasteiger partial charge in [-0.15, -0.1) is 0 Å². The van der Waals surface area contributed by atoms with E-state index in [-0.39, 0.29) is 11.9 Å². The molecule has 0 spiro atoms. The lowest BCUT2D eigenvalue weighted by Crippen LogP contribution is -2.23. The second-order valence-corrected chi connectivity index (χ2v) is 6.95. The molecular formula is C21H21N7O2. The summed E-state index contributed by atoms with van der Waals surface area (Å²) >= 11 is 0. The number of anilines is 3. The minimum Gasteiger partial charge on any atom is -0.493 e. The molecule has 30 heavy (non-hydrogen) atoms. The molecule has 1 aliphatic heterocycles. The van der Waals surface area contributed by atoms with Gasteiger partial charge in [0, 0.05) is 36.1 Å². The molecular weight excluding hydrogens is 382 g/mol. The van der Waals surface area contributed by atoms with Crippen molar-refractivity contribution in [3.8, 4) is 23.1 Å². The van der Waals surface area contributed by atoms with Crippen LogP contribution in [0.15, 0.2) is 42.9 Å². The summed E-state index contributed by atoms with van der Waals surface area (Å²) in [6.45, 7) is 2.52. The van der Waals surface area contributed by atoms with Crippen molar-refractivity contribution in [2.75, 3.05) is 23.9 Å². The van der Waals surface area contributed by atoms with Crippen molar-refractivity contribution < 1.29 is 9.53 Å². The number of nitrogens with one attached hydrogen (secondary N) is 1. The monoisotopic (exact) mass is 403 g/mol. The van der Waals surface area contributed by atoms with Crippen LogP contribution in [0, 0.1) is 11.3 Å². The zero-order valence-corrected chi connectivity index (χ0v) is 16.7. The molecule has 152 valence electrons. The number of carbonyl (C=O) groups is 1. The number of benzene rings is 1. The predicted octanol–water partition coefficient (Wildman–Crippen LogP) is 3.30. The normalized spacial score (nSPS) is 14.4. The number of aromatic nitrogens is 4. The lowest BCUT2D eigenvalue weighted by Gasteiger charge is -2.16. The quantitative estimate of drug-likeness (QED) is 0.672. The van der Waals surface area contributed by atoms with Crippen LogP contribution in [0.4, 0.5) is 17.3 Å². The third-order valence-electron chi connectivity index (χ3n) is 4.94. The molecule has 9 heteroatoms. The van der Waals surface area contributed by atoms with Crippen LogP contribution in [0.2, 0.25) is 0 Å². The van der Waals surface area contributed by atoms with Crippen molar-refractivity contribution >= 4 is 23.2 Å². The third kappa shape index (κ3) is 3.80. The Balaban J connectivity index is 1.56. The van der Waals surface area contributed by atoms with E-state index in [4.69, 9.17) is 10.00 Å². The molecule has 9 nitrogen and oxygen atoms in total. The molecule has 1 saturated heterocycles. The fourth-order valence-electron chi connectivity index (χ4n) is 3.29. The van der Waals surface area contributed by atoms with E-state index in [1.54, 1.807) is 42.2 Å². The number of methoxy groups -OCH3 is 1. The molecule has 0 radical (unpaired) electrons. The van der Waals surface area contributed by atoms with E-state index in [2.05, 4.69) is 26.5 Å². The van der Waals surface area contributed by atoms with Crippen LogP contribution in [-0.4, -0.2) is 39.3 Å². The van der Waals surface area contributed by atoms with E-state index in [9.17, 15) is 4.79 Å². The van der Waals surface area contributed by atoms with Crippen LogP contribution in [0.3, 0.4) is 0 Å². The highest BCUT2D eigenvalue weighted by atomic mass is 16.5. The summed E-state index contributed by atoms with van der Waals surface area (Å²) < 4.78 is 6.96. The predicted molar refractivity (Wildman–Crippen MR) is 111 cm³/mol. The van der Waals surface area contributed by atoms with Gasteiger partial charge in [-0.05, 0) is 37.6 Å². The van der Waals surface area contributed by atoms with Crippen molar-refractivity contribution in [1.29, 1.82) is 5.26 Å². The smallest absolute Gasteiger partial charge is 0.227 e. The molecule has 1 atom stereocenters. The summed E-state index contributed by atoms with van der Waals surface area (Å²) in [6, 6.07) is 9.35. The van der Waals surface area contributed by atoms with Crippen LogP contribution in [0.25, 0.3) is 11.3 Å². The van der Waals surface area contributed by atoms with Gasteiger partial charge in [-0.1, -0.05) is 0 Å². The first-order valence-corrected chi connectivity index (χ1v) is 9.61. The maximum atomic E-state index is 11.9. The highest BCUT2D eigenvalue weighted by molar-refractivity contribution is 5.95. The Bertz CT molecular complexity index is 1100. The SMILES string of the molecule is COc1cnc(Nc2ccc(N3CCCC3=O)cc2)nc1-c1cnn(C(C)C#N)c1. The molecule has 0 saturated carbocycles. The highest BCUT2D eigenvalue weighted by Crippen LogP contribution is 2.30. The van der Waals surface area contributed by atoms with Crippen molar-refractivity contribution in [1.82, 2.24) is 19.7 Å². The number of nitriles is 1. The van der Waals surface area contributed by atoms with Gasteiger partial charge in [-0.25, -0.2) is 9.97 Å². The summed E-state index contributed by atoms with van der Waals surface area (Å²) in [5, 5.41) is 16.5. The number of nitrogens with zero attached hydrogens (tertiary/aromatic N) is 6. The van der Waals surface area contributed by atoms with Gasteiger partial charge in [0.25, 0.3) is 0 Å². The van der Waals surface area contributed by atoms with Crippen LogP contribution in [-0.2, 0) is 4.79 Å². The van der Waals surface area contributed by atoms with Crippen molar-refractivity contribution in [2.24, 2.45) is 0 Å². The first-order valence-electron chi connectivity index (χ1n) is 9.61. The molecule has 3 aromatic rings. The summed E-state index contributed by atoms with van der Waals surface area (Å²) in [6.07, 6.45) is 6.49. The average Bonchev–Trinajstić information content (AvgIpc) is 3.43. The third-order valence-corrected chi connectivity index (χ3v) is 4.94. The fraction of sp³-hybridized carbons (Fsp3) is 0.286. The van der Waals surface area contributed by atoms with E-state index in [0.29, 0.717) is 23.8 Å². The molecule has 1 unspecified atom stereocenters. The van der Waals surface area contributed by atoms with Crippen LogP contribution < -0.4 is 15.0 Å². The highest BCUT2D eigenvalue weighted by Gasteiger charge is 2.21. The van der Waals surface area contributed by atoms with Gasteiger partial charge in [-0.3, -0.25) is 9.48 Å². The Hall–Kier alpha value is -3.93. The van der Waals surface area contributed by atoms with Crippen LogP contribution in [0.5, 0.6) is 5.75 Å².